The van der Waals surface area contributed by atoms with Crippen molar-refractivity contribution in [2.24, 2.45) is 0 Å². The summed E-state index contributed by atoms with van der Waals surface area (Å²) >= 11 is 3.42. The number of aromatic nitrogens is 3. The van der Waals surface area contributed by atoms with Gasteiger partial charge in [-0.2, -0.15) is 0 Å². The zero-order valence-electron chi connectivity index (χ0n) is 10.3. The minimum Gasteiger partial charge on any atom is -0.355 e. The number of fused-ring (bicyclic) bond motifs is 1. The number of hydrogen-bond donors (Lipinski definition) is 0. The van der Waals surface area contributed by atoms with Gasteiger partial charge in [0.05, 0.1) is 0 Å². The number of nitrogens with zero attached hydrogens (tertiary/aromatic N) is 5. The van der Waals surface area contributed by atoms with E-state index in [9.17, 15) is 0 Å². The van der Waals surface area contributed by atoms with Crippen molar-refractivity contribution >= 4 is 27.4 Å². The number of hydrogen-bond acceptors (Lipinski definition) is 4. The number of halogens is 1. The smallest absolute Gasteiger partial charge is 0.180 e. The topological polar surface area (TPSA) is 36.7 Å². The highest BCUT2D eigenvalue weighted by atomic mass is 79.9. The Balaban J connectivity index is 2.30. The highest BCUT2D eigenvalue weighted by Gasteiger charge is 2.10. The third kappa shape index (κ3) is 2.76. The number of likely N-dealkylation sites (N-methyl/N-ethyl adjacent to an activating group) is 2. The third-order valence-electron chi connectivity index (χ3n) is 2.57. The molecule has 0 fully saturated rings. The molecule has 0 aliphatic rings. The van der Waals surface area contributed by atoms with Crippen molar-refractivity contribution in [1.82, 2.24) is 19.3 Å². The van der Waals surface area contributed by atoms with Gasteiger partial charge in [-0.15, -0.1) is 0 Å². The minimum atomic E-state index is 0.815. The molecule has 0 aromatic carbocycles. The van der Waals surface area contributed by atoms with E-state index in [0.717, 1.165) is 29.2 Å². The molecule has 2 heterocycles. The quantitative estimate of drug-likeness (QED) is 0.857. The molecule has 2 rings (SSSR count). The second kappa shape index (κ2) is 5.01. The Hall–Kier alpha value is -1.14. The largest absolute Gasteiger partial charge is 0.355 e. The number of imidazole rings is 1. The first-order valence-corrected chi connectivity index (χ1v) is 6.22. The summed E-state index contributed by atoms with van der Waals surface area (Å²) in [7, 11) is 6.16. The SMILES string of the molecule is CN(C)CCN(C)c1nc(Br)cn2ccnc12. The molecule has 2 aromatic rings. The first-order valence-electron chi connectivity index (χ1n) is 5.43. The second-order valence-corrected chi connectivity index (χ2v) is 5.08. The van der Waals surface area contributed by atoms with Crippen LogP contribution in [0.4, 0.5) is 5.82 Å². The molecule has 2 aromatic heterocycles. The van der Waals surface area contributed by atoms with Gasteiger partial charge in [-0.25, -0.2) is 9.97 Å². The van der Waals surface area contributed by atoms with E-state index in [4.69, 9.17) is 0 Å². The van der Waals surface area contributed by atoms with E-state index in [2.05, 4.69) is 49.8 Å². The summed E-state index contributed by atoms with van der Waals surface area (Å²) in [5, 5.41) is 0. The van der Waals surface area contributed by atoms with Gasteiger partial charge in [0.15, 0.2) is 11.5 Å². The van der Waals surface area contributed by atoms with Crippen LogP contribution in [0.15, 0.2) is 23.2 Å². The molecule has 0 N–H and O–H groups in total. The van der Waals surface area contributed by atoms with Crippen molar-refractivity contribution in [3.63, 3.8) is 0 Å². The molecule has 0 saturated heterocycles. The van der Waals surface area contributed by atoms with Gasteiger partial charge in [-0.1, -0.05) is 0 Å². The van der Waals surface area contributed by atoms with Crippen LogP contribution in [0.5, 0.6) is 0 Å². The normalized spacial score (nSPS) is 11.4. The molecule has 0 unspecified atom stereocenters. The van der Waals surface area contributed by atoms with Gasteiger partial charge in [0.25, 0.3) is 0 Å². The Kier molecular flexibility index (Phi) is 3.63. The van der Waals surface area contributed by atoms with Gasteiger partial charge < -0.3 is 14.2 Å². The average Bonchev–Trinajstić information content (AvgIpc) is 2.72. The Bertz CT molecular complexity index is 508. The van der Waals surface area contributed by atoms with Gasteiger partial charge in [-0.3, -0.25) is 0 Å². The molecule has 17 heavy (non-hydrogen) atoms. The predicted octanol–water partition coefficient (Wildman–Crippen LogP) is 1.49. The van der Waals surface area contributed by atoms with Gasteiger partial charge in [-0.05, 0) is 30.0 Å². The van der Waals surface area contributed by atoms with Crippen molar-refractivity contribution in [3.05, 3.63) is 23.2 Å². The molecule has 0 aliphatic heterocycles. The Morgan fingerprint density at radius 2 is 2.06 bits per heavy atom. The maximum absolute atomic E-state index is 4.49. The van der Waals surface area contributed by atoms with E-state index in [1.807, 2.05) is 23.8 Å². The molecular weight excluding hydrogens is 282 g/mol. The van der Waals surface area contributed by atoms with E-state index in [1.165, 1.54) is 0 Å². The fraction of sp³-hybridized carbons (Fsp3) is 0.455. The Labute approximate surface area is 109 Å². The molecule has 0 amide bonds. The van der Waals surface area contributed by atoms with E-state index in [1.54, 1.807) is 6.20 Å². The van der Waals surface area contributed by atoms with E-state index in [0.29, 0.717) is 0 Å². The van der Waals surface area contributed by atoms with Crippen molar-refractivity contribution in [1.29, 1.82) is 0 Å². The molecule has 0 saturated carbocycles. The highest BCUT2D eigenvalue weighted by molar-refractivity contribution is 9.10. The molecule has 0 atom stereocenters. The first kappa shape index (κ1) is 12.3. The van der Waals surface area contributed by atoms with Crippen LogP contribution in [0.25, 0.3) is 5.65 Å². The average molecular weight is 298 g/mol. The highest BCUT2D eigenvalue weighted by Crippen LogP contribution is 2.19. The molecule has 92 valence electrons. The molecule has 0 radical (unpaired) electrons. The van der Waals surface area contributed by atoms with Gasteiger partial charge >= 0.3 is 0 Å². The zero-order valence-corrected chi connectivity index (χ0v) is 11.8. The standard InChI is InChI=1S/C11H16BrN5/c1-15(2)6-7-16(3)11-10-13-4-5-17(10)8-9(12)14-11/h4-5,8H,6-7H2,1-3H3. The molecule has 6 heteroatoms. The zero-order chi connectivity index (χ0) is 12.4. The van der Waals surface area contributed by atoms with Crippen LogP contribution < -0.4 is 4.90 Å². The summed E-state index contributed by atoms with van der Waals surface area (Å²) in [6, 6.07) is 0. The molecular formula is C11H16BrN5. The van der Waals surface area contributed by atoms with Crippen LogP contribution in [-0.2, 0) is 0 Å². The fourth-order valence-corrected chi connectivity index (χ4v) is 1.99. The second-order valence-electron chi connectivity index (χ2n) is 4.27. The Morgan fingerprint density at radius 1 is 1.29 bits per heavy atom. The van der Waals surface area contributed by atoms with Crippen LogP contribution in [0.3, 0.4) is 0 Å². The molecule has 0 bridgehead atoms. The minimum absolute atomic E-state index is 0.815. The van der Waals surface area contributed by atoms with Crippen LogP contribution >= 0.6 is 15.9 Å². The molecule has 5 nitrogen and oxygen atoms in total. The van der Waals surface area contributed by atoms with Gasteiger partial charge in [0.1, 0.15) is 4.60 Å². The lowest BCUT2D eigenvalue weighted by molar-refractivity contribution is 0.416. The lowest BCUT2D eigenvalue weighted by Crippen LogP contribution is -2.29. The van der Waals surface area contributed by atoms with Gasteiger partial charge in [0, 0.05) is 38.7 Å². The van der Waals surface area contributed by atoms with E-state index >= 15 is 0 Å². The van der Waals surface area contributed by atoms with Crippen LogP contribution in [0, 0.1) is 0 Å². The van der Waals surface area contributed by atoms with Crippen molar-refractivity contribution in [3.8, 4) is 0 Å². The monoisotopic (exact) mass is 297 g/mol. The summed E-state index contributed by atoms with van der Waals surface area (Å²) in [5.41, 5.74) is 0.884. The van der Waals surface area contributed by atoms with Crippen molar-refractivity contribution < 1.29 is 0 Å². The lowest BCUT2D eigenvalue weighted by Gasteiger charge is -2.21. The summed E-state index contributed by atoms with van der Waals surface area (Å²) in [5.74, 6) is 0.895. The maximum atomic E-state index is 4.49. The number of anilines is 1. The van der Waals surface area contributed by atoms with Crippen molar-refractivity contribution in [2.45, 2.75) is 0 Å². The summed E-state index contributed by atoms with van der Waals surface area (Å²) in [6.45, 7) is 1.90. The summed E-state index contributed by atoms with van der Waals surface area (Å²) < 4.78 is 2.79. The predicted molar refractivity (Wildman–Crippen MR) is 72.5 cm³/mol. The van der Waals surface area contributed by atoms with Crippen LogP contribution in [0.1, 0.15) is 0 Å². The summed E-state index contributed by atoms with van der Waals surface area (Å²) in [6.07, 6.45) is 5.61. The fourth-order valence-electron chi connectivity index (χ4n) is 1.60. The summed E-state index contributed by atoms with van der Waals surface area (Å²) in [4.78, 5) is 13.1. The van der Waals surface area contributed by atoms with E-state index < -0.39 is 0 Å². The lowest BCUT2D eigenvalue weighted by atomic mass is 10.4. The molecule has 0 aliphatic carbocycles. The number of rotatable bonds is 4. The third-order valence-corrected chi connectivity index (χ3v) is 2.95. The van der Waals surface area contributed by atoms with E-state index in [-0.39, 0.29) is 0 Å². The molecule has 0 spiro atoms. The van der Waals surface area contributed by atoms with Crippen LogP contribution in [0.2, 0.25) is 0 Å². The van der Waals surface area contributed by atoms with Crippen molar-refractivity contribution in [2.75, 3.05) is 39.1 Å². The maximum Gasteiger partial charge on any atom is 0.180 e. The van der Waals surface area contributed by atoms with Gasteiger partial charge in [0.2, 0.25) is 0 Å². The van der Waals surface area contributed by atoms with Crippen LogP contribution in [-0.4, -0.2) is 53.5 Å². The Morgan fingerprint density at radius 3 is 2.76 bits per heavy atom. The first-order chi connectivity index (χ1) is 8.08.